The van der Waals surface area contributed by atoms with Gasteiger partial charge in [0.1, 0.15) is 5.82 Å². The van der Waals surface area contributed by atoms with Gasteiger partial charge in [0, 0.05) is 25.7 Å². The predicted octanol–water partition coefficient (Wildman–Crippen LogP) is 1.41. The second kappa shape index (κ2) is 5.69. The molecule has 1 aliphatic heterocycles. The Bertz CT molecular complexity index is 384. The first-order chi connectivity index (χ1) is 8.29. The second-order valence-corrected chi connectivity index (χ2v) is 4.56. The summed E-state index contributed by atoms with van der Waals surface area (Å²) in [5.74, 6) is 0.599. The summed E-state index contributed by atoms with van der Waals surface area (Å²) in [5, 5.41) is 12.8. The zero-order chi connectivity index (χ0) is 12.1. The standard InChI is InChI=1S/C12H19N5/c13-6-1-2-7-16-8-3-11(4-9-16)17-10-5-12(14)15-17/h5,10-11H,1-4,7-9H2,(H2,14,15). The van der Waals surface area contributed by atoms with Gasteiger partial charge in [-0.15, -0.1) is 0 Å². The van der Waals surface area contributed by atoms with Crippen molar-refractivity contribution in [3.63, 3.8) is 0 Å². The summed E-state index contributed by atoms with van der Waals surface area (Å²) in [6.07, 6.45) is 5.85. The number of nitrogens with zero attached hydrogens (tertiary/aromatic N) is 4. The third-order valence-corrected chi connectivity index (χ3v) is 3.32. The zero-order valence-electron chi connectivity index (χ0n) is 10.0. The highest BCUT2D eigenvalue weighted by Gasteiger charge is 2.20. The van der Waals surface area contributed by atoms with E-state index in [4.69, 9.17) is 11.0 Å². The smallest absolute Gasteiger partial charge is 0.145 e. The minimum absolute atomic E-state index is 0.486. The Labute approximate surface area is 102 Å². The second-order valence-electron chi connectivity index (χ2n) is 4.56. The van der Waals surface area contributed by atoms with E-state index in [1.165, 1.54) is 0 Å². The van der Waals surface area contributed by atoms with Gasteiger partial charge in [0.15, 0.2) is 0 Å². The monoisotopic (exact) mass is 233 g/mol. The van der Waals surface area contributed by atoms with Crippen LogP contribution in [0.2, 0.25) is 0 Å². The molecule has 0 bridgehead atoms. The fraction of sp³-hybridized carbons (Fsp3) is 0.667. The Balaban J connectivity index is 1.76. The highest BCUT2D eigenvalue weighted by molar-refractivity contribution is 5.24. The van der Waals surface area contributed by atoms with Crippen LogP contribution in [0.25, 0.3) is 0 Å². The Kier molecular flexibility index (Phi) is 3.99. The van der Waals surface area contributed by atoms with Gasteiger partial charge < -0.3 is 10.6 Å². The topological polar surface area (TPSA) is 70.9 Å². The number of nitriles is 1. The third kappa shape index (κ3) is 3.21. The molecule has 0 radical (unpaired) electrons. The maximum atomic E-state index is 8.50. The first-order valence-electron chi connectivity index (χ1n) is 6.19. The maximum absolute atomic E-state index is 8.50. The van der Waals surface area contributed by atoms with Crippen LogP contribution in [0.5, 0.6) is 0 Å². The van der Waals surface area contributed by atoms with Crippen LogP contribution in [0.15, 0.2) is 12.3 Å². The van der Waals surface area contributed by atoms with Crippen molar-refractivity contribution in [1.82, 2.24) is 14.7 Å². The highest BCUT2D eigenvalue weighted by atomic mass is 15.3. The quantitative estimate of drug-likeness (QED) is 0.798. The van der Waals surface area contributed by atoms with Crippen molar-refractivity contribution >= 4 is 5.82 Å². The summed E-state index contributed by atoms with van der Waals surface area (Å²) >= 11 is 0. The van der Waals surface area contributed by atoms with E-state index in [1.54, 1.807) is 0 Å². The van der Waals surface area contributed by atoms with E-state index < -0.39 is 0 Å². The molecule has 5 heteroatoms. The molecule has 17 heavy (non-hydrogen) atoms. The van der Waals surface area contributed by atoms with Crippen LogP contribution >= 0.6 is 0 Å². The minimum Gasteiger partial charge on any atom is -0.382 e. The lowest BCUT2D eigenvalue weighted by molar-refractivity contribution is 0.179. The fourth-order valence-electron chi connectivity index (χ4n) is 2.35. The summed E-state index contributed by atoms with van der Waals surface area (Å²) in [4.78, 5) is 2.43. The molecule has 0 unspecified atom stereocenters. The number of aromatic nitrogens is 2. The molecule has 0 aliphatic carbocycles. The normalized spacial score (nSPS) is 18.1. The molecule has 2 heterocycles. The Morgan fingerprint density at radius 2 is 2.24 bits per heavy atom. The molecule has 0 amide bonds. The van der Waals surface area contributed by atoms with E-state index in [0.717, 1.165) is 38.9 Å². The molecule has 1 saturated heterocycles. The minimum atomic E-state index is 0.486. The van der Waals surface area contributed by atoms with Gasteiger partial charge in [0.25, 0.3) is 0 Å². The molecule has 1 fully saturated rings. The van der Waals surface area contributed by atoms with Gasteiger partial charge in [-0.1, -0.05) is 0 Å². The predicted molar refractivity (Wildman–Crippen MR) is 66.2 cm³/mol. The van der Waals surface area contributed by atoms with Crippen LogP contribution in [-0.4, -0.2) is 34.3 Å². The Morgan fingerprint density at radius 1 is 1.47 bits per heavy atom. The number of hydrogen-bond acceptors (Lipinski definition) is 4. The zero-order valence-corrected chi connectivity index (χ0v) is 10.0. The number of piperidine rings is 1. The molecule has 0 aromatic carbocycles. The third-order valence-electron chi connectivity index (χ3n) is 3.32. The summed E-state index contributed by atoms with van der Waals surface area (Å²) in [5.41, 5.74) is 5.62. The summed E-state index contributed by atoms with van der Waals surface area (Å²) < 4.78 is 1.99. The van der Waals surface area contributed by atoms with Crippen LogP contribution in [0.1, 0.15) is 31.7 Å². The van der Waals surface area contributed by atoms with Crippen LogP contribution in [-0.2, 0) is 0 Å². The number of rotatable bonds is 4. The average molecular weight is 233 g/mol. The first-order valence-corrected chi connectivity index (χ1v) is 6.19. The molecule has 2 rings (SSSR count). The molecule has 1 aromatic rings. The van der Waals surface area contributed by atoms with Crippen molar-refractivity contribution in [2.45, 2.75) is 31.7 Å². The number of likely N-dealkylation sites (tertiary alicyclic amines) is 1. The average Bonchev–Trinajstić information content (AvgIpc) is 2.77. The van der Waals surface area contributed by atoms with Crippen LogP contribution < -0.4 is 5.73 Å². The van der Waals surface area contributed by atoms with Gasteiger partial charge in [0.2, 0.25) is 0 Å². The Morgan fingerprint density at radius 3 is 2.82 bits per heavy atom. The summed E-state index contributed by atoms with van der Waals surface area (Å²) in [6.45, 7) is 3.23. The molecule has 92 valence electrons. The fourth-order valence-corrected chi connectivity index (χ4v) is 2.35. The molecule has 0 atom stereocenters. The lowest BCUT2D eigenvalue weighted by Crippen LogP contribution is -2.35. The van der Waals surface area contributed by atoms with E-state index in [0.29, 0.717) is 18.3 Å². The SMILES string of the molecule is N#CCCCN1CCC(n2ccc(N)n2)CC1. The first kappa shape index (κ1) is 11.9. The molecule has 1 aromatic heterocycles. The van der Waals surface area contributed by atoms with Crippen LogP contribution in [0, 0.1) is 11.3 Å². The van der Waals surface area contributed by atoms with Gasteiger partial charge in [-0.05, 0) is 31.9 Å². The number of nitrogens with two attached hydrogens (primary N) is 1. The molecular weight excluding hydrogens is 214 g/mol. The molecule has 1 aliphatic rings. The number of unbranched alkanes of at least 4 members (excludes halogenated alkanes) is 1. The lowest BCUT2D eigenvalue weighted by Gasteiger charge is -2.31. The Hall–Kier alpha value is -1.54. The van der Waals surface area contributed by atoms with E-state index >= 15 is 0 Å². The molecule has 2 N–H and O–H groups in total. The van der Waals surface area contributed by atoms with Crippen molar-refractivity contribution in [3.8, 4) is 6.07 Å². The van der Waals surface area contributed by atoms with Gasteiger partial charge >= 0.3 is 0 Å². The van der Waals surface area contributed by atoms with Crippen molar-refractivity contribution < 1.29 is 0 Å². The van der Waals surface area contributed by atoms with Crippen LogP contribution in [0.3, 0.4) is 0 Å². The summed E-state index contributed by atoms with van der Waals surface area (Å²) in [6, 6.07) is 4.52. The van der Waals surface area contributed by atoms with Crippen LogP contribution in [0.4, 0.5) is 5.82 Å². The van der Waals surface area contributed by atoms with E-state index in [2.05, 4.69) is 16.1 Å². The van der Waals surface area contributed by atoms with E-state index in [9.17, 15) is 0 Å². The van der Waals surface area contributed by atoms with Gasteiger partial charge in [-0.3, -0.25) is 4.68 Å². The highest BCUT2D eigenvalue weighted by Crippen LogP contribution is 2.22. The number of anilines is 1. The molecule has 0 spiro atoms. The largest absolute Gasteiger partial charge is 0.382 e. The summed E-state index contributed by atoms with van der Waals surface area (Å²) in [7, 11) is 0. The van der Waals surface area contributed by atoms with E-state index in [-0.39, 0.29) is 0 Å². The number of nitrogen functional groups attached to an aromatic ring is 1. The molecular formula is C12H19N5. The maximum Gasteiger partial charge on any atom is 0.145 e. The van der Waals surface area contributed by atoms with Crippen molar-refractivity contribution in [2.24, 2.45) is 0 Å². The van der Waals surface area contributed by atoms with Crippen molar-refractivity contribution in [1.29, 1.82) is 5.26 Å². The lowest BCUT2D eigenvalue weighted by atomic mass is 10.1. The molecule has 5 nitrogen and oxygen atoms in total. The van der Waals surface area contributed by atoms with Crippen molar-refractivity contribution in [3.05, 3.63) is 12.3 Å². The molecule has 0 saturated carbocycles. The van der Waals surface area contributed by atoms with E-state index in [1.807, 2.05) is 16.9 Å². The van der Waals surface area contributed by atoms with Gasteiger partial charge in [-0.25, -0.2) is 0 Å². The van der Waals surface area contributed by atoms with Gasteiger partial charge in [-0.2, -0.15) is 10.4 Å². The number of hydrogen-bond donors (Lipinski definition) is 1. The van der Waals surface area contributed by atoms with Gasteiger partial charge in [0.05, 0.1) is 12.1 Å². The van der Waals surface area contributed by atoms with Crippen molar-refractivity contribution in [2.75, 3.05) is 25.4 Å².